The topological polar surface area (TPSA) is 92.7 Å². The largest absolute Gasteiger partial charge is 0.480 e. The average Bonchev–Trinajstić information content (AvgIpc) is 3.07. The smallest absolute Gasteiger partial charge is 0.322 e. The molecule has 1 amide bonds. The van der Waals surface area contributed by atoms with Crippen molar-refractivity contribution in [3.05, 3.63) is 48.6 Å². The first kappa shape index (κ1) is 45.4. The molecule has 1 unspecified atom stereocenters. The molecule has 0 aromatic carbocycles. The van der Waals surface area contributed by atoms with Crippen LogP contribution in [-0.2, 0) is 19.1 Å². The molecule has 0 bridgehead atoms. The first-order valence-corrected chi connectivity index (χ1v) is 19.8. The number of esters is 1. The van der Waals surface area contributed by atoms with Crippen LogP contribution in [-0.4, -0.2) is 35.6 Å². The summed E-state index contributed by atoms with van der Waals surface area (Å²) < 4.78 is 5.99. The fourth-order valence-electron chi connectivity index (χ4n) is 5.62. The molecular formula is C42H73NO5. The lowest BCUT2D eigenvalue weighted by Crippen LogP contribution is -2.28. The maximum atomic E-state index is 12.7. The summed E-state index contributed by atoms with van der Waals surface area (Å²) >= 11 is 0. The summed E-state index contributed by atoms with van der Waals surface area (Å²) in [5.74, 6) is -1.26. The van der Waals surface area contributed by atoms with Crippen molar-refractivity contribution in [2.24, 2.45) is 0 Å². The number of carboxylic acids is 1. The highest BCUT2D eigenvalue weighted by molar-refractivity contribution is 5.80. The van der Waals surface area contributed by atoms with Crippen LogP contribution in [0.2, 0.25) is 0 Å². The molecule has 0 aromatic heterocycles. The Bertz CT molecular complexity index is 875. The van der Waals surface area contributed by atoms with Gasteiger partial charge in [0.05, 0.1) is 0 Å². The SMILES string of the molecule is CC/C=C\C/C=C\C/C=C\C/C=C\CCCCC(CCCCCCCC(=O)NCC(=O)O)OC(=O)CCCCCCCCCCCCC. The maximum Gasteiger partial charge on any atom is 0.322 e. The number of unbranched alkanes of at least 4 members (excludes halogenated alkanes) is 16. The second-order valence-electron chi connectivity index (χ2n) is 13.2. The molecule has 6 nitrogen and oxygen atoms in total. The third-order valence-electron chi connectivity index (χ3n) is 8.52. The monoisotopic (exact) mass is 672 g/mol. The molecule has 0 heterocycles. The molecule has 0 saturated carbocycles. The molecule has 0 aliphatic heterocycles. The molecule has 0 aliphatic rings. The average molecular weight is 672 g/mol. The zero-order valence-corrected chi connectivity index (χ0v) is 31.1. The molecule has 2 N–H and O–H groups in total. The lowest BCUT2D eigenvalue weighted by Gasteiger charge is -2.18. The van der Waals surface area contributed by atoms with Gasteiger partial charge in [-0.3, -0.25) is 14.4 Å². The second-order valence-corrected chi connectivity index (χ2v) is 13.2. The van der Waals surface area contributed by atoms with Crippen molar-refractivity contribution in [1.29, 1.82) is 0 Å². The zero-order chi connectivity index (χ0) is 35.2. The van der Waals surface area contributed by atoms with E-state index in [2.05, 4.69) is 67.8 Å². The third kappa shape index (κ3) is 36.2. The number of allylic oxidation sites excluding steroid dienone is 8. The summed E-state index contributed by atoms with van der Waals surface area (Å²) in [4.78, 5) is 34.9. The van der Waals surface area contributed by atoms with Crippen LogP contribution in [0.1, 0.15) is 187 Å². The van der Waals surface area contributed by atoms with Crippen molar-refractivity contribution in [3.8, 4) is 0 Å². The van der Waals surface area contributed by atoms with Crippen molar-refractivity contribution in [1.82, 2.24) is 5.32 Å². The number of hydrogen-bond donors (Lipinski definition) is 2. The van der Waals surface area contributed by atoms with Gasteiger partial charge in [0.2, 0.25) is 5.91 Å². The molecule has 1 atom stereocenters. The van der Waals surface area contributed by atoms with Crippen molar-refractivity contribution >= 4 is 17.8 Å². The van der Waals surface area contributed by atoms with Crippen LogP contribution in [0.15, 0.2) is 48.6 Å². The molecule has 48 heavy (non-hydrogen) atoms. The molecule has 0 saturated heterocycles. The zero-order valence-electron chi connectivity index (χ0n) is 31.1. The van der Waals surface area contributed by atoms with Gasteiger partial charge < -0.3 is 15.2 Å². The first-order valence-electron chi connectivity index (χ1n) is 19.8. The van der Waals surface area contributed by atoms with E-state index in [1.165, 1.54) is 57.8 Å². The minimum Gasteiger partial charge on any atom is -0.480 e. The number of nitrogens with one attached hydrogen (secondary N) is 1. The van der Waals surface area contributed by atoms with Gasteiger partial charge in [0.25, 0.3) is 0 Å². The Morgan fingerprint density at radius 2 is 1.02 bits per heavy atom. The van der Waals surface area contributed by atoms with Gasteiger partial charge in [-0.2, -0.15) is 0 Å². The van der Waals surface area contributed by atoms with E-state index >= 15 is 0 Å². The van der Waals surface area contributed by atoms with Crippen LogP contribution in [0.3, 0.4) is 0 Å². The van der Waals surface area contributed by atoms with Crippen LogP contribution >= 0.6 is 0 Å². The van der Waals surface area contributed by atoms with Gasteiger partial charge in [-0.25, -0.2) is 0 Å². The van der Waals surface area contributed by atoms with Gasteiger partial charge in [0.15, 0.2) is 0 Å². The fraction of sp³-hybridized carbons (Fsp3) is 0.738. The summed E-state index contributed by atoms with van der Waals surface area (Å²) in [5.41, 5.74) is 0. The Kier molecular flexibility index (Phi) is 35.2. The van der Waals surface area contributed by atoms with Crippen molar-refractivity contribution in [2.45, 2.75) is 193 Å². The number of carboxylic acid groups (broad SMARTS) is 1. The van der Waals surface area contributed by atoms with E-state index < -0.39 is 5.97 Å². The predicted molar refractivity (Wildman–Crippen MR) is 203 cm³/mol. The first-order chi connectivity index (χ1) is 23.5. The molecule has 0 radical (unpaired) electrons. The summed E-state index contributed by atoms with van der Waals surface area (Å²) in [7, 11) is 0. The number of rotatable bonds is 35. The Morgan fingerprint density at radius 3 is 1.56 bits per heavy atom. The number of aliphatic carboxylic acids is 1. The van der Waals surface area contributed by atoms with Gasteiger partial charge in [-0.05, 0) is 77.0 Å². The van der Waals surface area contributed by atoms with E-state index in [0.717, 1.165) is 103 Å². The van der Waals surface area contributed by atoms with E-state index in [9.17, 15) is 14.4 Å². The fourth-order valence-corrected chi connectivity index (χ4v) is 5.62. The summed E-state index contributed by atoms with van der Waals surface area (Å²) in [6.45, 7) is 4.10. The molecule has 0 rings (SSSR count). The second kappa shape index (κ2) is 37.2. The molecule has 276 valence electrons. The minimum atomic E-state index is -1.02. The molecule has 0 aromatic rings. The number of ether oxygens (including phenoxy) is 1. The van der Waals surface area contributed by atoms with E-state index in [1.807, 2.05) is 0 Å². The van der Waals surface area contributed by atoms with Crippen LogP contribution in [0.5, 0.6) is 0 Å². The molecule has 6 heteroatoms. The lowest BCUT2D eigenvalue weighted by atomic mass is 10.0. The summed E-state index contributed by atoms with van der Waals surface area (Å²) in [6, 6.07) is 0. The number of hydrogen-bond acceptors (Lipinski definition) is 4. The highest BCUT2D eigenvalue weighted by Gasteiger charge is 2.14. The predicted octanol–water partition coefficient (Wildman–Crippen LogP) is 11.9. The highest BCUT2D eigenvalue weighted by Crippen LogP contribution is 2.18. The van der Waals surface area contributed by atoms with Crippen LogP contribution in [0, 0.1) is 0 Å². The molecular weight excluding hydrogens is 598 g/mol. The van der Waals surface area contributed by atoms with Crippen molar-refractivity contribution in [2.75, 3.05) is 6.54 Å². The maximum absolute atomic E-state index is 12.7. The highest BCUT2D eigenvalue weighted by atomic mass is 16.5. The summed E-state index contributed by atoms with van der Waals surface area (Å²) in [6.07, 6.45) is 46.5. The molecule has 0 aliphatic carbocycles. The Balaban J connectivity index is 4.30. The van der Waals surface area contributed by atoms with Gasteiger partial charge in [-0.1, -0.05) is 146 Å². The summed E-state index contributed by atoms with van der Waals surface area (Å²) in [5, 5.41) is 11.1. The number of carbonyl (C=O) groups excluding carboxylic acids is 2. The number of amides is 1. The number of carbonyl (C=O) groups is 3. The van der Waals surface area contributed by atoms with E-state index in [-0.39, 0.29) is 24.5 Å². The standard InChI is InChI=1S/C42H73NO5/c1-3-5-7-9-11-13-15-16-17-18-20-21-23-26-30-34-39(35-31-27-25-28-32-36-40(44)43-38-41(45)46)48-42(47)37-33-29-24-22-19-14-12-10-8-6-4-2/h5,7,11,13,16-17,20-21,39H,3-4,6,8-10,12,14-15,18-19,22-38H2,1-2H3,(H,43,44)(H,45,46)/b7-5-,13-11-,17-16-,21-20-. The Labute approximate surface area is 295 Å². The van der Waals surface area contributed by atoms with Gasteiger partial charge in [0, 0.05) is 12.8 Å². The third-order valence-corrected chi connectivity index (χ3v) is 8.52. The van der Waals surface area contributed by atoms with Crippen LogP contribution < -0.4 is 5.32 Å². The van der Waals surface area contributed by atoms with Crippen molar-refractivity contribution in [3.63, 3.8) is 0 Å². The quantitative estimate of drug-likeness (QED) is 0.0397. The lowest BCUT2D eigenvalue weighted by molar-refractivity contribution is -0.150. The normalized spacial score (nSPS) is 12.5. The molecule has 0 spiro atoms. The van der Waals surface area contributed by atoms with E-state index in [1.54, 1.807) is 0 Å². The van der Waals surface area contributed by atoms with Crippen LogP contribution in [0.4, 0.5) is 0 Å². The van der Waals surface area contributed by atoms with E-state index in [4.69, 9.17) is 9.84 Å². The van der Waals surface area contributed by atoms with Crippen molar-refractivity contribution < 1.29 is 24.2 Å². The Morgan fingerprint density at radius 1 is 0.562 bits per heavy atom. The van der Waals surface area contributed by atoms with Crippen LogP contribution in [0.25, 0.3) is 0 Å². The van der Waals surface area contributed by atoms with Gasteiger partial charge >= 0.3 is 11.9 Å². The minimum absolute atomic E-state index is 0.00978. The Hall–Kier alpha value is -2.63. The van der Waals surface area contributed by atoms with Gasteiger partial charge in [-0.15, -0.1) is 0 Å². The van der Waals surface area contributed by atoms with E-state index in [0.29, 0.717) is 12.8 Å². The molecule has 0 fully saturated rings. The van der Waals surface area contributed by atoms with Gasteiger partial charge in [0.1, 0.15) is 12.6 Å².